The summed E-state index contributed by atoms with van der Waals surface area (Å²) in [6.07, 6.45) is 21.7. The molecule has 0 aromatic carbocycles. The third-order valence-corrected chi connectivity index (χ3v) is 20.8. The van der Waals surface area contributed by atoms with Crippen molar-refractivity contribution in [3.05, 3.63) is 11.6 Å². The number of Topliss-reactive ketones (excluding diaryl/α,β-unsaturated/α-hetero) is 1. The van der Waals surface area contributed by atoms with E-state index in [1.165, 1.54) is 31.3 Å². The second-order valence-electron chi connectivity index (χ2n) is 23.7. The van der Waals surface area contributed by atoms with Gasteiger partial charge in [0.1, 0.15) is 5.78 Å². The molecule has 0 aromatic heterocycles. The Kier molecular flexibility index (Phi) is 10.8. The Balaban J connectivity index is 1.12. The number of carbonyl (C=O) groups excluding carboxylic acids is 1. The number of hydrogen-bond acceptors (Lipinski definition) is 7. The van der Waals surface area contributed by atoms with E-state index >= 15 is 0 Å². The average molecular weight is 814 g/mol. The fraction of sp³-hybridized carbons (Fsp3) is 0.938. The number of ketones is 1. The number of hydrogen-bond donors (Lipinski definition) is 4. The fourth-order valence-electron chi connectivity index (χ4n) is 17.5. The molecule has 9 heteroatoms. The van der Waals surface area contributed by atoms with Crippen molar-refractivity contribution in [3.8, 4) is 0 Å². The largest absolute Gasteiger partial charge is 0.397 e. The summed E-state index contributed by atoms with van der Waals surface area (Å²) in [6.45, 7) is 17.7. The van der Waals surface area contributed by atoms with E-state index in [0.717, 1.165) is 89.9 Å². The summed E-state index contributed by atoms with van der Waals surface area (Å²) in [4.78, 5) is 12.9. The first-order chi connectivity index (χ1) is 26.4. The van der Waals surface area contributed by atoms with E-state index in [-0.39, 0.29) is 39.2 Å². The molecule has 16 atom stereocenters. The monoisotopic (exact) mass is 814 g/mol. The lowest BCUT2D eigenvalue weighted by molar-refractivity contribution is -0.157. The maximum Gasteiger partial charge on any atom is 0.397 e. The Bertz CT molecular complexity index is 1700. The molecule has 8 nitrogen and oxygen atoms in total. The second kappa shape index (κ2) is 14.4. The molecule has 7 fully saturated rings. The van der Waals surface area contributed by atoms with E-state index in [1.54, 1.807) is 6.92 Å². The van der Waals surface area contributed by atoms with E-state index in [0.29, 0.717) is 60.1 Å². The van der Waals surface area contributed by atoms with Gasteiger partial charge in [-0.3, -0.25) is 9.35 Å². The van der Waals surface area contributed by atoms with E-state index in [1.807, 2.05) is 20.8 Å². The van der Waals surface area contributed by atoms with Crippen LogP contribution in [0.4, 0.5) is 0 Å². The lowest BCUT2D eigenvalue weighted by atomic mass is 9.42. The molecule has 1 unspecified atom stereocenters. The smallest absolute Gasteiger partial charge is 0.390 e. The quantitative estimate of drug-likeness (QED) is 0.127. The van der Waals surface area contributed by atoms with Gasteiger partial charge in [0.15, 0.2) is 0 Å². The van der Waals surface area contributed by atoms with Crippen LogP contribution in [0.3, 0.4) is 0 Å². The van der Waals surface area contributed by atoms with Crippen LogP contribution in [0.15, 0.2) is 11.6 Å². The van der Waals surface area contributed by atoms with Gasteiger partial charge in [-0.2, -0.15) is 8.42 Å². The molecule has 0 bridgehead atoms. The minimum Gasteiger partial charge on any atom is -0.390 e. The highest BCUT2D eigenvalue weighted by Crippen LogP contribution is 2.71. The van der Waals surface area contributed by atoms with Crippen molar-refractivity contribution < 1.29 is 32.2 Å². The van der Waals surface area contributed by atoms with E-state index in [9.17, 15) is 28.0 Å². The molecule has 57 heavy (non-hydrogen) atoms. The molecule has 0 spiro atoms. The molecule has 8 rings (SSSR count). The molecular formula is C48H79NO7S. The van der Waals surface area contributed by atoms with E-state index < -0.39 is 27.7 Å². The predicted octanol–water partition coefficient (Wildman–Crippen LogP) is 9.77. The van der Waals surface area contributed by atoms with E-state index in [2.05, 4.69) is 39.1 Å². The summed E-state index contributed by atoms with van der Waals surface area (Å²) >= 11 is 0. The van der Waals surface area contributed by atoms with Gasteiger partial charge in [-0.25, -0.2) is 4.18 Å². The topological polar surface area (TPSA) is 133 Å². The Hall–Kier alpha value is -0.840. The Morgan fingerprint density at radius 3 is 2.25 bits per heavy atom. The van der Waals surface area contributed by atoms with Crippen molar-refractivity contribution in [1.82, 2.24) is 5.32 Å². The van der Waals surface area contributed by atoms with Crippen LogP contribution in [0, 0.1) is 69.0 Å². The van der Waals surface area contributed by atoms with Gasteiger partial charge in [0, 0.05) is 17.5 Å². The molecule has 0 heterocycles. The highest BCUT2D eigenvalue weighted by atomic mass is 32.3. The maximum atomic E-state index is 12.9. The third-order valence-electron chi connectivity index (χ3n) is 20.3. The van der Waals surface area contributed by atoms with Crippen LogP contribution in [0.25, 0.3) is 0 Å². The van der Waals surface area contributed by atoms with Gasteiger partial charge in [-0.15, -0.1) is 0 Å². The van der Waals surface area contributed by atoms with Crippen LogP contribution in [0.1, 0.15) is 184 Å². The van der Waals surface area contributed by atoms with Crippen LogP contribution in [-0.2, 0) is 19.4 Å². The maximum absolute atomic E-state index is 12.9. The number of carbonyl (C=O) groups is 1. The van der Waals surface area contributed by atoms with Gasteiger partial charge in [-0.1, -0.05) is 39.3 Å². The molecular weight excluding hydrogens is 735 g/mol. The van der Waals surface area contributed by atoms with Crippen molar-refractivity contribution >= 4 is 16.2 Å². The van der Waals surface area contributed by atoms with Crippen LogP contribution in [-0.4, -0.2) is 57.9 Å². The molecule has 0 saturated heterocycles. The molecule has 0 aliphatic heterocycles. The van der Waals surface area contributed by atoms with Crippen molar-refractivity contribution in [2.24, 2.45) is 69.0 Å². The Morgan fingerprint density at radius 2 is 1.54 bits per heavy atom. The molecule has 0 aromatic rings. The SMILES string of the molecule is CC(=O)[C@H]1CC[C@H]2[C@@H]3CC[C@]4(N[C@H](CCCC(C)(C)O)[C@H]5CC[C@H]6[C@@H]7CC=C8C[C@@](C)(O)CC[C@]8(C)[C@H]7CC[C@]56C)CC(OS(=O)(=O)O)CC[C@]4(C)[C@H]3CC[C@]12C. The summed E-state index contributed by atoms with van der Waals surface area (Å²) in [7, 11) is -4.60. The first-order valence-corrected chi connectivity index (χ1v) is 24.9. The third kappa shape index (κ3) is 7.20. The van der Waals surface area contributed by atoms with Crippen molar-refractivity contribution in [2.75, 3.05) is 0 Å². The Labute approximate surface area is 345 Å². The molecule has 324 valence electrons. The van der Waals surface area contributed by atoms with E-state index in [4.69, 9.17) is 4.18 Å². The standard InChI is InChI=1S/C48H79NO7S/c1-30(50)35-13-14-37-34-18-25-48(29-32(56-57(53,54)55)17-24-47(48,8)39(34)20-23-45(35,37)6)49-41(10-9-21-42(2,3)51)40-16-15-36-33-12-11-31-28-43(4,52)26-27-44(31,5)38(33)19-22-46(36,40)7/h11,32-41,49,51-52H,9-10,12-29H2,1-8H3,(H,53,54,55)/t32?,33-,34-,35+,36-,37-,38-,39-,40+,41+,43-,44-,45+,46-,47+,48-/m0/s1. The summed E-state index contributed by atoms with van der Waals surface area (Å²) in [5, 5.41) is 26.5. The summed E-state index contributed by atoms with van der Waals surface area (Å²) in [6, 6.07) is 0.219. The number of aliphatic hydroxyl groups is 2. The van der Waals surface area contributed by atoms with Crippen LogP contribution in [0.5, 0.6) is 0 Å². The van der Waals surface area contributed by atoms with Gasteiger partial charge >= 0.3 is 10.4 Å². The lowest BCUT2D eigenvalue weighted by Gasteiger charge is -2.67. The van der Waals surface area contributed by atoms with Gasteiger partial charge in [0.05, 0.1) is 17.3 Å². The number of fused-ring (bicyclic) bond motifs is 10. The molecule has 0 amide bonds. The van der Waals surface area contributed by atoms with Crippen molar-refractivity contribution in [3.63, 3.8) is 0 Å². The van der Waals surface area contributed by atoms with Gasteiger partial charge in [0.25, 0.3) is 0 Å². The van der Waals surface area contributed by atoms with Gasteiger partial charge < -0.3 is 15.5 Å². The predicted molar refractivity (Wildman–Crippen MR) is 224 cm³/mol. The minimum atomic E-state index is -4.60. The summed E-state index contributed by atoms with van der Waals surface area (Å²) in [5.41, 5.74) is 0.157. The molecule has 8 aliphatic carbocycles. The lowest BCUT2D eigenvalue weighted by Crippen LogP contribution is -2.71. The second-order valence-corrected chi connectivity index (χ2v) is 24.8. The molecule has 0 radical (unpaired) electrons. The Morgan fingerprint density at radius 1 is 0.860 bits per heavy atom. The fourth-order valence-corrected chi connectivity index (χ4v) is 18.0. The van der Waals surface area contributed by atoms with Crippen molar-refractivity contribution in [1.29, 1.82) is 0 Å². The highest BCUT2D eigenvalue weighted by molar-refractivity contribution is 7.80. The zero-order valence-electron chi connectivity index (χ0n) is 36.9. The molecule has 4 N–H and O–H groups in total. The molecule has 7 saturated carbocycles. The number of allylic oxidation sites excluding steroid dienone is 1. The van der Waals surface area contributed by atoms with Crippen LogP contribution >= 0.6 is 0 Å². The minimum absolute atomic E-state index is 0.0650. The normalized spacial score (nSPS) is 50.0. The highest BCUT2D eigenvalue weighted by Gasteiger charge is 2.67. The summed E-state index contributed by atoms with van der Waals surface area (Å²) in [5.74, 6) is 4.53. The average Bonchev–Trinajstić information content (AvgIpc) is 3.64. The van der Waals surface area contributed by atoms with Crippen LogP contribution < -0.4 is 5.32 Å². The first kappa shape index (κ1) is 42.8. The van der Waals surface area contributed by atoms with Gasteiger partial charge in [0.2, 0.25) is 0 Å². The van der Waals surface area contributed by atoms with Gasteiger partial charge in [-0.05, 0) is 219 Å². The zero-order valence-corrected chi connectivity index (χ0v) is 37.7. The van der Waals surface area contributed by atoms with Crippen molar-refractivity contribution in [2.45, 2.75) is 213 Å². The summed E-state index contributed by atoms with van der Waals surface area (Å²) < 4.78 is 40.1. The molecule has 8 aliphatic rings. The first-order valence-electron chi connectivity index (χ1n) is 23.5. The number of rotatable bonds is 10. The zero-order chi connectivity index (χ0) is 41.2. The number of nitrogens with one attached hydrogen (secondary N) is 1. The van der Waals surface area contributed by atoms with Crippen LogP contribution in [0.2, 0.25) is 0 Å².